The van der Waals surface area contributed by atoms with Gasteiger partial charge in [0.05, 0.1) is 33.7 Å². The zero-order valence-electron chi connectivity index (χ0n) is 20.0. The van der Waals surface area contributed by atoms with Crippen LogP contribution in [0.25, 0.3) is 0 Å². The molecule has 1 aliphatic heterocycles. The van der Waals surface area contributed by atoms with Gasteiger partial charge in [-0.1, -0.05) is 16.8 Å². The van der Waals surface area contributed by atoms with Crippen LogP contribution in [0.15, 0.2) is 69.9 Å². The van der Waals surface area contributed by atoms with Crippen molar-refractivity contribution in [2.24, 2.45) is 10.7 Å². The summed E-state index contributed by atoms with van der Waals surface area (Å²) in [6.45, 7) is 1.63. The molecule has 1 fully saturated rings. The summed E-state index contributed by atoms with van der Waals surface area (Å²) in [5.74, 6) is -1.26. The lowest BCUT2D eigenvalue weighted by Crippen LogP contribution is -2.29. The fourth-order valence-corrected chi connectivity index (χ4v) is 4.21. The van der Waals surface area contributed by atoms with Crippen molar-refractivity contribution < 1.29 is 27.3 Å². The van der Waals surface area contributed by atoms with Crippen molar-refractivity contribution in [1.82, 2.24) is 5.16 Å². The Bertz CT molecular complexity index is 1380. The third-order valence-corrected chi connectivity index (χ3v) is 6.26. The van der Waals surface area contributed by atoms with Crippen molar-refractivity contribution in [2.45, 2.75) is 25.4 Å². The van der Waals surface area contributed by atoms with Gasteiger partial charge in [-0.2, -0.15) is 13.2 Å². The largest absolute Gasteiger partial charge is 0.417 e. The minimum atomic E-state index is -4.67. The Morgan fingerprint density at radius 3 is 2.53 bits per heavy atom. The summed E-state index contributed by atoms with van der Waals surface area (Å²) in [5, 5.41) is 5.68. The van der Waals surface area contributed by atoms with E-state index in [1.165, 1.54) is 18.3 Å². The molecule has 1 saturated heterocycles. The van der Waals surface area contributed by atoms with E-state index in [4.69, 9.17) is 21.9 Å². The molecular weight excluding hydrogens is 523 g/mol. The van der Waals surface area contributed by atoms with Gasteiger partial charge < -0.3 is 20.5 Å². The van der Waals surface area contributed by atoms with Crippen LogP contribution in [0.3, 0.4) is 0 Å². The fraction of sp³-hybridized carbons (Fsp3) is 0.231. The molecule has 12 heteroatoms. The quantitative estimate of drug-likeness (QED) is 0.213. The summed E-state index contributed by atoms with van der Waals surface area (Å²) in [6.07, 6.45) is 1.85. The molecule has 8 nitrogen and oxygen atoms in total. The van der Waals surface area contributed by atoms with E-state index in [1.807, 2.05) is 0 Å². The Hall–Kier alpha value is -4.12. The monoisotopic (exact) mass is 545 g/mol. The highest BCUT2D eigenvalue weighted by molar-refractivity contribution is 6.31. The lowest BCUT2D eigenvalue weighted by molar-refractivity contribution is -0.137. The van der Waals surface area contributed by atoms with Crippen LogP contribution in [0.5, 0.6) is 0 Å². The number of halogens is 4. The van der Waals surface area contributed by atoms with Crippen molar-refractivity contribution in [3.05, 3.63) is 82.3 Å². The zero-order valence-corrected chi connectivity index (χ0v) is 20.7. The highest BCUT2D eigenvalue weighted by Crippen LogP contribution is 2.37. The number of hydrogen-bond acceptors (Lipinski definition) is 7. The molecule has 0 bridgehead atoms. The van der Waals surface area contributed by atoms with Gasteiger partial charge in [-0.05, 0) is 55.7 Å². The molecule has 1 amide bonds. The molecular formula is C26H23ClF3N5O3. The van der Waals surface area contributed by atoms with Crippen molar-refractivity contribution in [3.63, 3.8) is 0 Å². The summed E-state index contributed by atoms with van der Waals surface area (Å²) >= 11 is 5.67. The van der Waals surface area contributed by atoms with Crippen molar-refractivity contribution in [1.29, 1.82) is 0 Å². The topological polar surface area (TPSA) is 114 Å². The van der Waals surface area contributed by atoms with Gasteiger partial charge in [0.2, 0.25) is 5.76 Å². The van der Waals surface area contributed by atoms with Crippen molar-refractivity contribution >= 4 is 46.6 Å². The predicted octanol–water partition coefficient (Wildman–Crippen LogP) is 6.02. The van der Waals surface area contributed by atoms with E-state index in [1.54, 1.807) is 18.2 Å². The highest BCUT2D eigenvalue weighted by atomic mass is 35.5. The third-order valence-electron chi connectivity index (χ3n) is 5.93. The molecule has 0 unspecified atom stereocenters. The summed E-state index contributed by atoms with van der Waals surface area (Å²) in [5.41, 5.74) is 5.58. The normalized spacial score (nSPS) is 14.6. The van der Waals surface area contributed by atoms with Gasteiger partial charge in [-0.25, -0.2) is 0 Å². The number of carbonyl (C=O) groups excluding carboxylic acids is 2. The van der Waals surface area contributed by atoms with E-state index in [0.717, 1.165) is 62.6 Å². The Balaban J connectivity index is 1.66. The number of hydrogen-bond donors (Lipinski definition) is 2. The molecule has 0 aliphatic carbocycles. The number of alkyl halides is 3. The predicted molar refractivity (Wildman–Crippen MR) is 138 cm³/mol. The molecule has 2 heterocycles. The lowest BCUT2D eigenvalue weighted by atomic mass is 10.0. The van der Waals surface area contributed by atoms with Crippen LogP contribution in [0.2, 0.25) is 5.02 Å². The molecule has 0 atom stereocenters. The van der Waals surface area contributed by atoms with Gasteiger partial charge in [0.25, 0.3) is 5.91 Å². The Morgan fingerprint density at radius 2 is 1.87 bits per heavy atom. The number of rotatable bonds is 7. The van der Waals surface area contributed by atoms with E-state index in [0.29, 0.717) is 0 Å². The van der Waals surface area contributed by atoms with Crippen molar-refractivity contribution in [2.75, 3.05) is 23.3 Å². The number of nitrogens with zero attached hydrogens (tertiary/aromatic N) is 3. The molecule has 1 aromatic heterocycles. The number of nitrogens with one attached hydrogen (secondary N) is 1. The first-order chi connectivity index (χ1) is 18.2. The van der Waals surface area contributed by atoms with Gasteiger partial charge in [0.15, 0.2) is 5.78 Å². The maximum Gasteiger partial charge on any atom is 0.417 e. The van der Waals surface area contributed by atoms with Gasteiger partial charge >= 0.3 is 6.18 Å². The van der Waals surface area contributed by atoms with E-state index >= 15 is 0 Å². The average molecular weight is 546 g/mol. The van der Waals surface area contributed by atoms with Crippen LogP contribution < -0.4 is 16.0 Å². The summed E-state index contributed by atoms with van der Waals surface area (Å²) in [4.78, 5) is 32.3. The molecule has 3 aromatic rings. The first kappa shape index (κ1) is 26.9. The standard InChI is InChI=1S/C26H23ClF3N5O3/c27-21-6-4-17(12-20(21)26(28,29)30)32-15-16(14-31)24(36)19-13-18(35-10-2-1-3-11-35)5-7-22(19)34-25(37)23-8-9-33-38-23/h4-9,12-15H,1-3,10-11,31H2,(H,34,37). The molecule has 0 saturated carbocycles. The summed E-state index contributed by atoms with van der Waals surface area (Å²) in [7, 11) is 0. The zero-order chi connectivity index (χ0) is 27.3. The van der Waals surface area contributed by atoms with Gasteiger partial charge in [0, 0.05) is 42.8 Å². The number of allylic oxidation sites excluding steroid dienone is 1. The summed E-state index contributed by atoms with van der Waals surface area (Å²) < 4.78 is 44.5. The number of benzene rings is 2. The maximum absolute atomic E-state index is 13.6. The first-order valence-electron chi connectivity index (χ1n) is 11.7. The molecule has 38 heavy (non-hydrogen) atoms. The number of aromatic nitrogens is 1. The number of carbonyl (C=O) groups is 2. The summed E-state index contributed by atoms with van der Waals surface area (Å²) in [6, 6.07) is 9.55. The second kappa shape index (κ2) is 11.5. The van der Waals surface area contributed by atoms with E-state index in [-0.39, 0.29) is 28.3 Å². The molecule has 198 valence electrons. The molecule has 2 aromatic carbocycles. The van der Waals surface area contributed by atoms with Crippen LogP contribution in [-0.4, -0.2) is 36.2 Å². The molecule has 0 radical (unpaired) electrons. The Labute approximate surface area is 220 Å². The van der Waals surface area contributed by atoms with Gasteiger partial charge in [0.1, 0.15) is 0 Å². The Kier molecular flexibility index (Phi) is 8.16. The number of nitrogens with two attached hydrogens (primary N) is 1. The average Bonchev–Trinajstić information content (AvgIpc) is 3.45. The number of Topliss-reactive ketones (excluding diaryl/α,β-unsaturated/α-hetero) is 1. The molecule has 3 N–H and O–H groups in total. The number of amides is 1. The van der Waals surface area contributed by atoms with Crippen LogP contribution in [0.4, 0.5) is 30.2 Å². The maximum atomic E-state index is 13.6. The third kappa shape index (κ3) is 6.23. The number of ketones is 1. The van der Waals surface area contributed by atoms with Crippen LogP contribution in [0, 0.1) is 0 Å². The minimum absolute atomic E-state index is 0.0529. The number of anilines is 2. The SMILES string of the molecule is NC=C(C=Nc1ccc(Cl)c(C(F)(F)F)c1)C(=O)c1cc(N2CCCCC2)ccc1NC(=O)c1ccno1. The van der Waals surface area contributed by atoms with Crippen LogP contribution >= 0.6 is 11.6 Å². The first-order valence-corrected chi connectivity index (χ1v) is 12.0. The van der Waals surface area contributed by atoms with E-state index in [2.05, 4.69) is 20.4 Å². The lowest BCUT2D eigenvalue weighted by Gasteiger charge is -2.29. The highest BCUT2D eigenvalue weighted by Gasteiger charge is 2.33. The molecule has 0 spiro atoms. The number of piperidine rings is 1. The van der Waals surface area contributed by atoms with Gasteiger partial charge in [-0.3, -0.25) is 14.6 Å². The second-order valence-corrected chi connectivity index (χ2v) is 8.89. The van der Waals surface area contributed by atoms with Crippen molar-refractivity contribution in [3.8, 4) is 0 Å². The van der Waals surface area contributed by atoms with Crippen LogP contribution in [0.1, 0.15) is 45.7 Å². The second-order valence-electron chi connectivity index (χ2n) is 8.48. The van der Waals surface area contributed by atoms with Crippen LogP contribution in [-0.2, 0) is 6.18 Å². The fourth-order valence-electron chi connectivity index (χ4n) is 3.98. The van der Waals surface area contributed by atoms with E-state index in [9.17, 15) is 22.8 Å². The Morgan fingerprint density at radius 1 is 1.11 bits per heavy atom. The van der Waals surface area contributed by atoms with E-state index < -0.39 is 28.5 Å². The van der Waals surface area contributed by atoms with Gasteiger partial charge in [-0.15, -0.1) is 0 Å². The molecule has 4 rings (SSSR count). The molecule has 1 aliphatic rings. The smallest absolute Gasteiger partial charge is 0.404 e. The number of aliphatic imine (C=N–C) groups is 1. The minimum Gasteiger partial charge on any atom is -0.404 e.